The Morgan fingerprint density at radius 3 is 2.65 bits per heavy atom. The van der Waals surface area contributed by atoms with Crippen molar-refractivity contribution in [2.24, 2.45) is 0 Å². The Morgan fingerprint density at radius 1 is 1.25 bits per heavy atom. The van der Waals surface area contributed by atoms with Crippen molar-refractivity contribution in [3.8, 4) is 0 Å². The van der Waals surface area contributed by atoms with E-state index in [4.69, 9.17) is 0 Å². The second-order valence-electron chi connectivity index (χ2n) is 6.27. The average molecular weight is 280 g/mol. The Balaban J connectivity index is 1.61. The lowest BCUT2D eigenvalue weighted by atomic mass is 10.1. The summed E-state index contributed by atoms with van der Waals surface area (Å²) in [6.07, 6.45) is 3.79. The highest BCUT2D eigenvalue weighted by Crippen LogP contribution is 2.33. The zero-order valence-corrected chi connectivity index (χ0v) is 12.1. The Hall–Kier alpha value is -1.00. The molecule has 0 radical (unpaired) electrons. The van der Waals surface area contributed by atoms with Crippen LogP contribution in [0.25, 0.3) is 0 Å². The summed E-state index contributed by atoms with van der Waals surface area (Å²) in [5, 5.41) is 3.55. The molecule has 0 spiro atoms. The summed E-state index contributed by atoms with van der Waals surface area (Å²) in [5.74, 6) is -1.55. The minimum atomic E-state index is -0.782. The van der Waals surface area contributed by atoms with Crippen molar-refractivity contribution < 1.29 is 8.78 Å². The van der Waals surface area contributed by atoms with E-state index in [9.17, 15) is 8.78 Å². The van der Waals surface area contributed by atoms with Gasteiger partial charge in [-0.05, 0) is 50.8 Å². The lowest BCUT2D eigenvalue weighted by Gasteiger charge is -2.21. The maximum absolute atomic E-state index is 13.3. The summed E-state index contributed by atoms with van der Waals surface area (Å²) in [7, 11) is 0. The Bertz CT molecular complexity index is 487. The highest BCUT2D eigenvalue weighted by atomic mass is 19.2. The van der Waals surface area contributed by atoms with Crippen molar-refractivity contribution in [1.29, 1.82) is 0 Å². The van der Waals surface area contributed by atoms with Crippen LogP contribution in [0.5, 0.6) is 0 Å². The Kier molecular flexibility index (Phi) is 3.78. The SMILES string of the molecule is CC(NC1CC(C)N(C2CC2)C1)c1ccc(F)c(F)c1. The number of nitrogens with zero attached hydrogens (tertiary/aromatic N) is 1. The highest BCUT2D eigenvalue weighted by Gasteiger charge is 2.38. The van der Waals surface area contributed by atoms with Gasteiger partial charge in [0.15, 0.2) is 11.6 Å². The van der Waals surface area contributed by atoms with Crippen LogP contribution in [0.2, 0.25) is 0 Å². The molecule has 1 aromatic rings. The molecule has 0 bridgehead atoms. The van der Waals surface area contributed by atoms with Gasteiger partial charge < -0.3 is 5.32 Å². The van der Waals surface area contributed by atoms with Gasteiger partial charge >= 0.3 is 0 Å². The molecule has 1 saturated carbocycles. The minimum Gasteiger partial charge on any atom is -0.306 e. The fourth-order valence-electron chi connectivity index (χ4n) is 3.32. The lowest BCUT2D eigenvalue weighted by molar-refractivity contribution is 0.254. The number of hydrogen-bond acceptors (Lipinski definition) is 2. The predicted molar refractivity (Wildman–Crippen MR) is 75.5 cm³/mol. The molecule has 2 fully saturated rings. The van der Waals surface area contributed by atoms with E-state index in [1.165, 1.54) is 25.0 Å². The summed E-state index contributed by atoms with van der Waals surface area (Å²) >= 11 is 0. The number of hydrogen-bond donors (Lipinski definition) is 1. The number of halogens is 2. The summed E-state index contributed by atoms with van der Waals surface area (Å²) in [5.41, 5.74) is 0.807. The van der Waals surface area contributed by atoms with Crippen LogP contribution in [0.4, 0.5) is 8.78 Å². The molecule has 0 amide bonds. The smallest absolute Gasteiger partial charge is 0.159 e. The zero-order valence-electron chi connectivity index (χ0n) is 12.1. The third-order valence-electron chi connectivity index (χ3n) is 4.57. The fraction of sp³-hybridized carbons (Fsp3) is 0.625. The largest absolute Gasteiger partial charge is 0.306 e. The number of rotatable bonds is 4. The van der Waals surface area contributed by atoms with E-state index in [1.807, 2.05) is 6.92 Å². The highest BCUT2D eigenvalue weighted by molar-refractivity contribution is 5.21. The van der Waals surface area contributed by atoms with E-state index < -0.39 is 11.6 Å². The van der Waals surface area contributed by atoms with Crippen molar-refractivity contribution >= 4 is 0 Å². The van der Waals surface area contributed by atoms with Gasteiger partial charge in [0, 0.05) is 30.7 Å². The van der Waals surface area contributed by atoms with Crippen LogP contribution in [0, 0.1) is 11.6 Å². The molecule has 1 N–H and O–H groups in total. The molecule has 110 valence electrons. The molecule has 4 heteroatoms. The van der Waals surface area contributed by atoms with Crippen molar-refractivity contribution in [3.63, 3.8) is 0 Å². The molecular formula is C16H22F2N2. The van der Waals surface area contributed by atoms with Crippen molar-refractivity contribution in [3.05, 3.63) is 35.4 Å². The van der Waals surface area contributed by atoms with E-state index in [0.717, 1.165) is 24.6 Å². The van der Waals surface area contributed by atoms with Crippen LogP contribution in [-0.4, -0.2) is 29.6 Å². The molecule has 1 aliphatic carbocycles. The summed E-state index contributed by atoms with van der Waals surface area (Å²) in [6, 6.07) is 6.05. The first kappa shape index (κ1) is 14.0. The molecule has 2 aliphatic rings. The maximum atomic E-state index is 13.3. The lowest BCUT2D eigenvalue weighted by Crippen LogP contribution is -2.35. The van der Waals surface area contributed by atoms with Gasteiger partial charge in [0.25, 0.3) is 0 Å². The minimum absolute atomic E-state index is 0.0430. The quantitative estimate of drug-likeness (QED) is 0.911. The molecule has 3 unspecified atom stereocenters. The van der Waals surface area contributed by atoms with Gasteiger partial charge in [0.05, 0.1) is 0 Å². The molecular weight excluding hydrogens is 258 g/mol. The maximum Gasteiger partial charge on any atom is 0.159 e. The van der Waals surface area contributed by atoms with E-state index in [-0.39, 0.29) is 6.04 Å². The van der Waals surface area contributed by atoms with E-state index in [1.54, 1.807) is 6.07 Å². The first-order valence-corrected chi connectivity index (χ1v) is 7.51. The van der Waals surface area contributed by atoms with E-state index in [0.29, 0.717) is 12.1 Å². The van der Waals surface area contributed by atoms with Gasteiger partial charge in [-0.1, -0.05) is 6.07 Å². The second kappa shape index (κ2) is 5.41. The van der Waals surface area contributed by atoms with Crippen LogP contribution in [-0.2, 0) is 0 Å². The van der Waals surface area contributed by atoms with E-state index in [2.05, 4.69) is 17.1 Å². The Labute approximate surface area is 119 Å². The van der Waals surface area contributed by atoms with Crippen molar-refractivity contribution in [1.82, 2.24) is 10.2 Å². The predicted octanol–water partition coefficient (Wildman–Crippen LogP) is 3.24. The Morgan fingerprint density at radius 2 is 2.00 bits per heavy atom. The molecule has 3 atom stereocenters. The third-order valence-corrected chi connectivity index (χ3v) is 4.57. The van der Waals surface area contributed by atoms with Gasteiger partial charge in [-0.3, -0.25) is 4.90 Å². The number of likely N-dealkylation sites (tertiary alicyclic amines) is 1. The fourth-order valence-corrected chi connectivity index (χ4v) is 3.32. The van der Waals surface area contributed by atoms with Crippen LogP contribution in [0.15, 0.2) is 18.2 Å². The molecule has 1 heterocycles. The number of benzene rings is 1. The van der Waals surface area contributed by atoms with Crippen LogP contribution >= 0.6 is 0 Å². The molecule has 1 aromatic carbocycles. The van der Waals surface area contributed by atoms with Crippen molar-refractivity contribution in [2.45, 2.75) is 57.3 Å². The van der Waals surface area contributed by atoms with Crippen LogP contribution in [0.3, 0.4) is 0 Å². The average Bonchev–Trinajstić information content (AvgIpc) is 3.17. The monoisotopic (exact) mass is 280 g/mol. The molecule has 1 aliphatic heterocycles. The summed E-state index contributed by atoms with van der Waals surface area (Å²) in [4.78, 5) is 2.58. The van der Waals surface area contributed by atoms with E-state index >= 15 is 0 Å². The van der Waals surface area contributed by atoms with Gasteiger partial charge in [-0.25, -0.2) is 8.78 Å². The standard InChI is InChI=1S/C16H22F2N2/c1-10-7-13(9-20(10)14-4-5-14)19-11(2)12-3-6-15(17)16(18)8-12/h3,6,8,10-11,13-14,19H,4-5,7,9H2,1-2H3. The van der Waals surface area contributed by atoms with Gasteiger partial charge in [0.1, 0.15) is 0 Å². The van der Waals surface area contributed by atoms with Gasteiger partial charge in [-0.2, -0.15) is 0 Å². The zero-order chi connectivity index (χ0) is 14.3. The number of nitrogens with one attached hydrogen (secondary N) is 1. The molecule has 1 saturated heterocycles. The molecule has 0 aromatic heterocycles. The third kappa shape index (κ3) is 2.86. The van der Waals surface area contributed by atoms with Gasteiger partial charge in [-0.15, -0.1) is 0 Å². The molecule has 20 heavy (non-hydrogen) atoms. The summed E-state index contributed by atoms with van der Waals surface area (Å²) in [6.45, 7) is 5.36. The van der Waals surface area contributed by atoms with Crippen molar-refractivity contribution in [2.75, 3.05) is 6.54 Å². The van der Waals surface area contributed by atoms with Crippen LogP contribution in [0.1, 0.15) is 44.7 Å². The van der Waals surface area contributed by atoms with Crippen LogP contribution < -0.4 is 5.32 Å². The molecule has 2 nitrogen and oxygen atoms in total. The van der Waals surface area contributed by atoms with Gasteiger partial charge in [0.2, 0.25) is 0 Å². The topological polar surface area (TPSA) is 15.3 Å². The first-order valence-electron chi connectivity index (χ1n) is 7.51. The normalized spacial score (nSPS) is 28.8. The first-order chi connectivity index (χ1) is 9.54. The summed E-state index contributed by atoms with van der Waals surface area (Å²) < 4.78 is 26.2. The second-order valence-corrected chi connectivity index (χ2v) is 6.27. The molecule has 3 rings (SSSR count).